The van der Waals surface area contributed by atoms with Crippen LogP contribution in [-0.4, -0.2) is 60.4 Å². The zero-order valence-electron chi connectivity index (χ0n) is 11.5. The van der Waals surface area contributed by atoms with E-state index in [0.717, 1.165) is 0 Å². The third-order valence-corrected chi connectivity index (χ3v) is 4.19. The number of amides is 2. The first-order valence-corrected chi connectivity index (χ1v) is 7.45. The molecule has 1 N–H and O–H groups in total. The summed E-state index contributed by atoms with van der Waals surface area (Å²) in [6.07, 6.45) is 1.39. The zero-order chi connectivity index (χ0) is 15.2. The smallest absolute Gasteiger partial charge is 0.320 e. The van der Waals surface area contributed by atoms with Gasteiger partial charge < -0.3 is 19.4 Å². The largest absolute Gasteiger partial charge is 0.468 e. The van der Waals surface area contributed by atoms with Crippen LogP contribution in [0.15, 0.2) is 22.8 Å². The van der Waals surface area contributed by atoms with E-state index in [2.05, 4.69) is 10.1 Å². The second kappa shape index (κ2) is 7.16. The van der Waals surface area contributed by atoms with Gasteiger partial charge in [-0.2, -0.15) is 0 Å². The predicted molar refractivity (Wildman–Crippen MR) is 75.9 cm³/mol. The Hall–Kier alpha value is -1.96. The molecule has 0 spiro atoms. The normalized spacial score (nSPS) is 18.1. The highest BCUT2D eigenvalue weighted by Gasteiger charge is 2.29. The zero-order valence-corrected chi connectivity index (χ0v) is 12.4. The Labute approximate surface area is 126 Å². The van der Waals surface area contributed by atoms with E-state index in [1.165, 1.54) is 31.2 Å². The lowest BCUT2D eigenvalue weighted by molar-refractivity contribution is -0.141. The fourth-order valence-corrected chi connectivity index (χ4v) is 3.04. The first-order chi connectivity index (χ1) is 10.1. The molecule has 1 aliphatic heterocycles. The van der Waals surface area contributed by atoms with Gasteiger partial charge in [-0.05, 0) is 12.1 Å². The van der Waals surface area contributed by atoms with Gasteiger partial charge in [-0.3, -0.25) is 14.4 Å². The maximum Gasteiger partial charge on any atom is 0.320 e. The van der Waals surface area contributed by atoms with Crippen molar-refractivity contribution < 1.29 is 23.5 Å². The highest BCUT2D eigenvalue weighted by Crippen LogP contribution is 2.19. The number of hydrogen-bond donors (Lipinski definition) is 1. The van der Waals surface area contributed by atoms with Gasteiger partial charge in [0.15, 0.2) is 5.76 Å². The highest BCUT2D eigenvalue weighted by molar-refractivity contribution is 8.00. The molecular formula is C13H16N2O5S. The molecule has 1 aromatic heterocycles. The second-order valence-corrected chi connectivity index (χ2v) is 5.69. The lowest BCUT2D eigenvalue weighted by Gasteiger charge is -2.31. The van der Waals surface area contributed by atoms with Gasteiger partial charge in [0, 0.05) is 18.8 Å². The fraction of sp³-hybridized carbons (Fsp3) is 0.462. The summed E-state index contributed by atoms with van der Waals surface area (Å²) in [5.41, 5.74) is 0. The SMILES string of the molecule is COC(=O)[C@@H]1CN(C(=O)CNC(=O)c2ccco2)CCS1. The molecule has 21 heavy (non-hydrogen) atoms. The molecule has 1 fully saturated rings. The minimum atomic E-state index is -0.441. The molecule has 1 aliphatic rings. The summed E-state index contributed by atoms with van der Waals surface area (Å²) in [5, 5.41) is 2.13. The lowest BCUT2D eigenvalue weighted by atomic mass is 10.3. The molecule has 1 aromatic rings. The first kappa shape index (κ1) is 15.4. The number of carbonyl (C=O) groups excluding carboxylic acids is 3. The van der Waals surface area contributed by atoms with Crippen LogP contribution in [0, 0.1) is 0 Å². The fourth-order valence-electron chi connectivity index (χ4n) is 1.91. The molecule has 1 atom stereocenters. The molecule has 2 amide bonds. The van der Waals surface area contributed by atoms with Crippen LogP contribution in [-0.2, 0) is 14.3 Å². The Morgan fingerprint density at radius 2 is 2.33 bits per heavy atom. The molecule has 0 radical (unpaired) electrons. The number of nitrogens with one attached hydrogen (secondary N) is 1. The third-order valence-electron chi connectivity index (χ3n) is 3.03. The number of furan rings is 1. The van der Waals surface area contributed by atoms with Crippen molar-refractivity contribution in [2.45, 2.75) is 5.25 Å². The number of methoxy groups -OCH3 is 1. The van der Waals surface area contributed by atoms with Crippen LogP contribution in [0.5, 0.6) is 0 Å². The van der Waals surface area contributed by atoms with Crippen LogP contribution in [0.3, 0.4) is 0 Å². The molecule has 0 aromatic carbocycles. The van der Waals surface area contributed by atoms with Crippen LogP contribution in [0.4, 0.5) is 0 Å². The average molecular weight is 312 g/mol. The third kappa shape index (κ3) is 4.01. The molecule has 1 saturated heterocycles. The number of hydrogen-bond acceptors (Lipinski definition) is 6. The van der Waals surface area contributed by atoms with Gasteiger partial charge in [0.1, 0.15) is 5.25 Å². The van der Waals surface area contributed by atoms with Crippen LogP contribution >= 0.6 is 11.8 Å². The van der Waals surface area contributed by atoms with Crippen molar-refractivity contribution in [3.63, 3.8) is 0 Å². The highest BCUT2D eigenvalue weighted by atomic mass is 32.2. The summed E-state index contributed by atoms with van der Waals surface area (Å²) < 4.78 is 9.62. The summed E-state index contributed by atoms with van der Waals surface area (Å²) in [4.78, 5) is 36.8. The molecule has 0 bridgehead atoms. The van der Waals surface area contributed by atoms with Crippen molar-refractivity contribution in [3.8, 4) is 0 Å². The van der Waals surface area contributed by atoms with E-state index < -0.39 is 5.91 Å². The first-order valence-electron chi connectivity index (χ1n) is 6.40. The standard InChI is InChI=1S/C13H16N2O5S/c1-19-13(18)10-8-15(4-6-21-10)11(16)7-14-12(17)9-3-2-5-20-9/h2-3,5,10H,4,6-8H2,1H3,(H,14,17)/t10-/m0/s1. The van der Waals surface area contributed by atoms with Crippen LogP contribution in [0.2, 0.25) is 0 Å². The summed E-state index contributed by atoms with van der Waals surface area (Å²) in [7, 11) is 1.33. The topological polar surface area (TPSA) is 88.9 Å². The van der Waals surface area contributed by atoms with Crippen molar-refractivity contribution in [1.29, 1.82) is 0 Å². The van der Waals surface area contributed by atoms with Crippen molar-refractivity contribution in [1.82, 2.24) is 10.2 Å². The van der Waals surface area contributed by atoms with E-state index in [0.29, 0.717) is 18.8 Å². The molecule has 0 aliphatic carbocycles. The molecule has 7 nitrogen and oxygen atoms in total. The number of thioether (sulfide) groups is 1. The van der Waals surface area contributed by atoms with Crippen LogP contribution < -0.4 is 5.32 Å². The van der Waals surface area contributed by atoms with E-state index >= 15 is 0 Å². The van der Waals surface area contributed by atoms with E-state index in [9.17, 15) is 14.4 Å². The van der Waals surface area contributed by atoms with Crippen molar-refractivity contribution in [2.75, 3.05) is 32.5 Å². The van der Waals surface area contributed by atoms with Gasteiger partial charge in [0.2, 0.25) is 5.91 Å². The number of rotatable bonds is 4. The Bertz CT molecular complexity index is 517. The number of ether oxygens (including phenoxy) is 1. The maximum absolute atomic E-state index is 12.0. The minimum Gasteiger partial charge on any atom is -0.468 e. The Balaban J connectivity index is 1.82. The Morgan fingerprint density at radius 1 is 1.52 bits per heavy atom. The van der Waals surface area contributed by atoms with E-state index in [4.69, 9.17) is 4.42 Å². The van der Waals surface area contributed by atoms with Crippen molar-refractivity contribution in [3.05, 3.63) is 24.2 Å². The lowest BCUT2D eigenvalue weighted by Crippen LogP contribution is -2.48. The van der Waals surface area contributed by atoms with Gasteiger partial charge in [-0.1, -0.05) is 0 Å². The predicted octanol–water partition coefficient (Wildman–Crippen LogP) is 0.126. The Morgan fingerprint density at radius 3 is 3.00 bits per heavy atom. The van der Waals surface area contributed by atoms with Gasteiger partial charge in [-0.25, -0.2) is 0 Å². The molecule has 8 heteroatoms. The summed E-state index contributed by atoms with van der Waals surface area (Å²) in [5.74, 6) is -0.188. The van der Waals surface area contributed by atoms with E-state index in [1.54, 1.807) is 11.0 Å². The molecule has 2 heterocycles. The molecule has 0 unspecified atom stereocenters. The minimum absolute atomic E-state index is 0.127. The van der Waals surface area contributed by atoms with Crippen LogP contribution in [0.25, 0.3) is 0 Å². The van der Waals surface area contributed by atoms with Gasteiger partial charge >= 0.3 is 5.97 Å². The maximum atomic E-state index is 12.0. The average Bonchev–Trinajstić information content (AvgIpc) is 3.06. The number of nitrogens with zero attached hydrogens (tertiary/aromatic N) is 1. The molecule has 0 saturated carbocycles. The van der Waals surface area contributed by atoms with Crippen molar-refractivity contribution in [2.24, 2.45) is 0 Å². The monoisotopic (exact) mass is 312 g/mol. The summed E-state index contributed by atoms with van der Waals surface area (Å²) >= 11 is 1.47. The second-order valence-electron chi connectivity index (χ2n) is 4.38. The van der Waals surface area contributed by atoms with E-state index in [-0.39, 0.29) is 29.4 Å². The summed E-state index contributed by atoms with van der Waals surface area (Å²) in [6, 6.07) is 3.12. The number of esters is 1. The van der Waals surface area contributed by atoms with Crippen molar-refractivity contribution >= 4 is 29.5 Å². The van der Waals surface area contributed by atoms with Crippen LogP contribution in [0.1, 0.15) is 10.6 Å². The van der Waals surface area contributed by atoms with Gasteiger partial charge in [0.25, 0.3) is 5.91 Å². The van der Waals surface area contributed by atoms with Gasteiger partial charge in [-0.15, -0.1) is 11.8 Å². The van der Waals surface area contributed by atoms with E-state index in [1.807, 2.05) is 0 Å². The molecule has 2 rings (SSSR count). The number of carbonyl (C=O) groups is 3. The molecular weight excluding hydrogens is 296 g/mol. The quantitative estimate of drug-likeness (QED) is 0.795. The van der Waals surface area contributed by atoms with Gasteiger partial charge in [0.05, 0.1) is 19.9 Å². The molecule has 114 valence electrons. The Kier molecular flexibility index (Phi) is 5.26. The summed E-state index contributed by atoms with van der Waals surface area (Å²) in [6.45, 7) is 0.721.